The normalized spacial score (nSPS) is 16.1. The predicted molar refractivity (Wildman–Crippen MR) is 87.2 cm³/mol. The molecule has 1 rings (SSSR count). The van der Waals surface area contributed by atoms with E-state index in [2.05, 4.69) is 54.0 Å². The Morgan fingerprint density at radius 2 is 2.05 bits per heavy atom. The van der Waals surface area contributed by atoms with Crippen molar-refractivity contribution in [3.05, 3.63) is 15.9 Å². The maximum absolute atomic E-state index is 6.01. The minimum Gasteiger partial charge on any atom is -0.374 e. The molecule has 1 aromatic rings. The van der Waals surface area contributed by atoms with Gasteiger partial charge in [0, 0.05) is 26.1 Å². The maximum Gasteiger partial charge on any atom is 0.0807 e. The number of hydrogen-bond acceptors (Lipinski definition) is 3. The van der Waals surface area contributed by atoms with E-state index in [1.807, 2.05) is 18.8 Å². The average molecular weight is 346 g/mol. The van der Waals surface area contributed by atoms with Gasteiger partial charge in [-0.05, 0) is 49.7 Å². The van der Waals surface area contributed by atoms with Gasteiger partial charge in [0.05, 0.1) is 21.5 Å². The summed E-state index contributed by atoms with van der Waals surface area (Å²) in [6.07, 6.45) is 2.81. The summed E-state index contributed by atoms with van der Waals surface area (Å²) >= 11 is 3.70. The van der Waals surface area contributed by atoms with E-state index in [-0.39, 0.29) is 11.6 Å². The standard InChI is InChI=1S/C15H28BrN3O/c1-7-11-14(16)12(19(6)18-11)10-13(17-5)15(4,8-2)20-9-3/h13,17H,7-10H2,1-6H3. The lowest BCUT2D eigenvalue weighted by Gasteiger charge is -2.36. The molecular weight excluding hydrogens is 318 g/mol. The van der Waals surface area contributed by atoms with Gasteiger partial charge >= 0.3 is 0 Å². The van der Waals surface area contributed by atoms with Crippen LogP contribution in [-0.2, 0) is 24.6 Å². The Morgan fingerprint density at radius 1 is 1.40 bits per heavy atom. The number of rotatable bonds is 8. The van der Waals surface area contributed by atoms with E-state index in [0.717, 1.165) is 36.0 Å². The molecule has 0 aliphatic heterocycles. The topological polar surface area (TPSA) is 39.1 Å². The zero-order valence-electron chi connectivity index (χ0n) is 13.6. The summed E-state index contributed by atoms with van der Waals surface area (Å²) in [5, 5.41) is 7.99. The third-order valence-electron chi connectivity index (χ3n) is 4.16. The van der Waals surface area contributed by atoms with Crippen LogP contribution >= 0.6 is 15.9 Å². The molecule has 0 bridgehead atoms. The number of aryl methyl sites for hydroxylation is 2. The molecule has 1 heterocycles. The number of hydrogen-bond donors (Lipinski definition) is 1. The van der Waals surface area contributed by atoms with E-state index in [4.69, 9.17) is 4.74 Å². The van der Waals surface area contributed by atoms with Gasteiger partial charge < -0.3 is 10.1 Å². The first kappa shape index (κ1) is 17.7. The number of likely N-dealkylation sites (N-methyl/N-ethyl adjacent to an activating group) is 1. The van der Waals surface area contributed by atoms with Gasteiger partial charge in [-0.2, -0.15) is 5.10 Å². The number of halogens is 1. The second-order valence-electron chi connectivity index (χ2n) is 5.33. The Hall–Kier alpha value is -0.390. The lowest BCUT2D eigenvalue weighted by atomic mass is 9.89. The lowest BCUT2D eigenvalue weighted by molar-refractivity contribution is -0.0537. The monoisotopic (exact) mass is 345 g/mol. The summed E-state index contributed by atoms with van der Waals surface area (Å²) in [5.41, 5.74) is 2.17. The van der Waals surface area contributed by atoms with Gasteiger partial charge in [0.25, 0.3) is 0 Å². The fraction of sp³-hybridized carbons (Fsp3) is 0.800. The Morgan fingerprint density at radius 3 is 2.45 bits per heavy atom. The molecule has 4 nitrogen and oxygen atoms in total. The van der Waals surface area contributed by atoms with E-state index in [9.17, 15) is 0 Å². The molecule has 0 saturated heterocycles. The number of aromatic nitrogens is 2. The fourth-order valence-corrected chi connectivity index (χ4v) is 3.42. The minimum atomic E-state index is -0.167. The van der Waals surface area contributed by atoms with Crippen LogP contribution < -0.4 is 5.32 Å². The third kappa shape index (κ3) is 3.62. The molecule has 0 aromatic carbocycles. The molecule has 20 heavy (non-hydrogen) atoms. The summed E-state index contributed by atoms with van der Waals surface area (Å²) in [6, 6.07) is 0.254. The first-order chi connectivity index (χ1) is 9.43. The zero-order valence-corrected chi connectivity index (χ0v) is 15.2. The second-order valence-corrected chi connectivity index (χ2v) is 6.12. The van der Waals surface area contributed by atoms with Crippen LogP contribution in [0.2, 0.25) is 0 Å². The molecule has 2 atom stereocenters. The van der Waals surface area contributed by atoms with Crippen molar-refractivity contribution in [2.45, 2.75) is 58.6 Å². The Kier molecular flexibility index (Phi) is 6.69. The van der Waals surface area contributed by atoms with Gasteiger partial charge in [-0.25, -0.2) is 0 Å². The van der Waals surface area contributed by atoms with Crippen LogP contribution in [0, 0.1) is 0 Å². The summed E-state index contributed by atoms with van der Waals surface area (Å²) in [6.45, 7) is 9.27. The molecule has 116 valence electrons. The van der Waals surface area contributed by atoms with Crippen molar-refractivity contribution in [1.82, 2.24) is 15.1 Å². The molecule has 0 radical (unpaired) electrons. The highest BCUT2D eigenvalue weighted by Gasteiger charge is 2.33. The fourth-order valence-electron chi connectivity index (χ4n) is 2.64. The number of ether oxygens (including phenoxy) is 1. The summed E-state index contributed by atoms with van der Waals surface area (Å²) in [7, 11) is 4.01. The molecule has 1 aromatic heterocycles. The lowest BCUT2D eigenvalue weighted by Crippen LogP contribution is -2.50. The van der Waals surface area contributed by atoms with Crippen molar-refractivity contribution in [1.29, 1.82) is 0 Å². The molecule has 0 spiro atoms. The van der Waals surface area contributed by atoms with Crippen molar-refractivity contribution >= 4 is 15.9 Å². The van der Waals surface area contributed by atoms with Crippen LogP contribution in [0.15, 0.2) is 4.47 Å². The van der Waals surface area contributed by atoms with E-state index in [1.54, 1.807) is 0 Å². The Labute approximate surface area is 131 Å². The molecule has 2 unspecified atom stereocenters. The molecule has 5 heteroatoms. The highest BCUT2D eigenvalue weighted by molar-refractivity contribution is 9.10. The summed E-state index contributed by atoms with van der Waals surface area (Å²) < 4.78 is 9.13. The van der Waals surface area contributed by atoms with Crippen LogP contribution in [0.5, 0.6) is 0 Å². The smallest absolute Gasteiger partial charge is 0.0807 e. The van der Waals surface area contributed by atoms with Crippen molar-refractivity contribution in [3.8, 4) is 0 Å². The first-order valence-corrected chi connectivity index (χ1v) is 8.24. The highest BCUT2D eigenvalue weighted by atomic mass is 79.9. The molecule has 0 aliphatic carbocycles. The van der Waals surface area contributed by atoms with E-state index in [1.165, 1.54) is 5.69 Å². The van der Waals surface area contributed by atoms with Crippen molar-refractivity contribution in [2.24, 2.45) is 7.05 Å². The maximum atomic E-state index is 6.01. The Bertz CT molecular complexity index is 433. The van der Waals surface area contributed by atoms with Crippen molar-refractivity contribution in [3.63, 3.8) is 0 Å². The summed E-state index contributed by atoms with van der Waals surface area (Å²) in [5.74, 6) is 0. The minimum absolute atomic E-state index is 0.167. The van der Waals surface area contributed by atoms with Crippen LogP contribution in [0.3, 0.4) is 0 Å². The van der Waals surface area contributed by atoms with Gasteiger partial charge in [-0.15, -0.1) is 0 Å². The van der Waals surface area contributed by atoms with Gasteiger partial charge in [0.15, 0.2) is 0 Å². The first-order valence-electron chi connectivity index (χ1n) is 7.44. The van der Waals surface area contributed by atoms with Crippen molar-refractivity contribution in [2.75, 3.05) is 13.7 Å². The average Bonchev–Trinajstić information content (AvgIpc) is 2.71. The van der Waals surface area contributed by atoms with E-state index in [0.29, 0.717) is 0 Å². The molecule has 0 saturated carbocycles. The van der Waals surface area contributed by atoms with E-state index >= 15 is 0 Å². The highest BCUT2D eigenvalue weighted by Crippen LogP contribution is 2.28. The number of nitrogens with one attached hydrogen (secondary N) is 1. The molecule has 0 fully saturated rings. The Balaban J connectivity index is 3.02. The van der Waals surface area contributed by atoms with Crippen LogP contribution in [0.1, 0.15) is 45.5 Å². The summed E-state index contributed by atoms with van der Waals surface area (Å²) in [4.78, 5) is 0. The molecule has 0 amide bonds. The second kappa shape index (κ2) is 7.57. The molecular formula is C15H28BrN3O. The quantitative estimate of drug-likeness (QED) is 0.786. The SMILES string of the molecule is CCOC(C)(CC)C(Cc1c(Br)c(CC)nn1C)NC. The van der Waals surface area contributed by atoms with Crippen LogP contribution in [-0.4, -0.2) is 35.1 Å². The third-order valence-corrected chi connectivity index (χ3v) is 5.08. The molecule has 1 N–H and O–H groups in total. The van der Waals surface area contributed by atoms with E-state index < -0.39 is 0 Å². The largest absolute Gasteiger partial charge is 0.374 e. The van der Waals surface area contributed by atoms with Gasteiger partial charge in [-0.3, -0.25) is 4.68 Å². The van der Waals surface area contributed by atoms with Crippen molar-refractivity contribution < 1.29 is 4.74 Å². The zero-order chi connectivity index (χ0) is 15.3. The van der Waals surface area contributed by atoms with Gasteiger partial charge in [0.2, 0.25) is 0 Å². The van der Waals surface area contributed by atoms with Gasteiger partial charge in [0.1, 0.15) is 0 Å². The number of nitrogens with zero attached hydrogens (tertiary/aromatic N) is 2. The van der Waals surface area contributed by atoms with Crippen LogP contribution in [0.4, 0.5) is 0 Å². The van der Waals surface area contributed by atoms with Gasteiger partial charge in [-0.1, -0.05) is 13.8 Å². The molecule has 0 aliphatic rings. The van der Waals surface area contributed by atoms with Crippen LogP contribution in [0.25, 0.3) is 0 Å². The predicted octanol–water partition coefficient (Wildman–Crippen LogP) is 3.08.